The van der Waals surface area contributed by atoms with Gasteiger partial charge in [-0.1, -0.05) is 19.3 Å². The zero-order valence-electron chi connectivity index (χ0n) is 15.6. The van der Waals surface area contributed by atoms with Gasteiger partial charge in [0.2, 0.25) is 10.0 Å². The van der Waals surface area contributed by atoms with Crippen LogP contribution in [0.5, 0.6) is 0 Å². The van der Waals surface area contributed by atoms with Crippen molar-refractivity contribution in [3.8, 4) is 0 Å². The number of hydrogen-bond donors (Lipinski definition) is 2. The lowest BCUT2D eigenvalue weighted by atomic mass is 10.0. The summed E-state index contributed by atoms with van der Waals surface area (Å²) in [6, 6.07) is 10.2. The average molecular weight is 483 g/mol. The molecule has 1 amide bonds. The van der Waals surface area contributed by atoms with E-state index in [2.05, 4.69) is 27.3 Å². The first kappa shape index (κ1) is 21.4. The lowest BCUT2D eigenvalue weighted by molar-refractivity contribution is 0.102. The molecule has 0 saturated heterocycles. The first-order valence-corrected chi connectivity index (χ1v) is 12.4. The third-order valence-corrected chi connectivity index (χ3v) is 7.75. The van der Waals surface area contributed by atoms with Gasteiger partial charge in [-0.25, -0.2) is 13.6 Å². The Morgan fingerprint density at radius 2 is 1.86 bits per heavy atom. The van der Waals surface area contributed by atoms with E-state index in [4.69, 9.17) is 5.14 Å². The maximum Gasteiger partial charge on any atom is 0.256 e. The van der Waals surface area contributed by atoms with Crippen LogP contribution >= 0.6 is 27.7 Å². The third-order valence-electron chi connectivity index (χ3n) is 4.81. The van der Waals surface area contributed by atoms with Gasteiger partial charge in [0.05, 0.1) is 10.5 Å². The molecule has 3 N–H and O–H groups in total. The molecule has 1 saturated carbocycles. The molecule has 1 aliphatic rings. The Labute approximate surface area is 178 Å². The molecular weight excluding hydrogens is 460 g/mol. The van der Waals surface area contributed by atoms with E-state index < -0.39 is 15.9 Å². The quantitative estimate of drug-likeness (QED) is 0.621. The van der Waals surface area contributed by atoms with Gasteiger partial charge in [0.1, 0.15) is 0 Å². The number of halogens is 1. The van der Waals surface area contributed by atoms with E-state index in [0.717, 1.165) is 5.56 Å². The Bertz CT molecular complexity index is 987. The van der Waals surface area contributed by atoms with Gasteiger partial charge in [0.15, 0.2) is 0 Å². The van der Waals surface area contributed by atoms with Crippen LogP contribution in [0.1, 0.15) is 48.0 Å². The predicted octanol–water partition coefficient (Wildman–Crippen LogP) is 5.08. The normalized spacial score (nSPS) is 15.4. The highest BCUT2D eigenvalue weighted by Gasteiger charge is 2.18. The van der Waals surface area contributed by atoms with Crippen LogP contribution in [0.15, 0.2) is 50.7 Å². The second-order valence-electron chi connectivity index (χ2n) is 7.00. The Morgan fingerprint density at radius 3 is 2.50 bits per heavy atom. The summed E-state index contributed by atoms with van der Waals surface area (Å²) in [5.41, 5.74) is 1.88. The molecule has 0 spiro atoms. The van der Waals surface area contributed by atoms with E-state index in [1.807, 2.05) is 30.8 Å². The first-order chi connectivity index (χ1) is 13.2. The van der Waals surface area contributed by atoms with E-state index in [9.17, 15) is 13.2 Å². The highest BCUT2D eigenvalue weighted by atomic mass is 79.9. The fourth-order valence-electron chi connectivity index (χ4n) is 3.27. The van der Waals surface area contributed by atoms with Gasteiger partial charge >= 0.3 is 0 Å². The second-order valence-corrected chi connectivity index (χ2v) is 10.8. The van der Waals surface area contributed by atoms with Crippen LogP contribution in [-0.2, 0) is 10.0 Å². The molecular formula is C20H23BrN2O3S2. The summed E-state index contributed by atoms with van der Waals surface area (Å²) < 4.78 is 23.6. The van der Waals surface area contributed by atoms with Gasteiger partial charge in [-0.3, -0.25) is 4.79 Å². The maximum atomic E-state index is 12.7. The average Bonchev–Trinajstić information content (AvgIpc) is 2.64. The van der Waals surface area contributed by atoms with Gasteiger partial charge in [0.25, 0.3) is 5.91 Å². The number of aryl methyl sites for hydroxylation is 1. The topological polar surface area (TPSA) is 89.3 Å². The van der Waals surface area contributed by atoms with Crippen LogP contribution in [-0.4, -0.2) is 19.6 Å². The second kappa shape index (κ2) is 8.98. The van der Waals surface area contributed by atoms with Crippen molar-refractivity contribution in [1.29, 1.82) is 0 Å². The number of benzene rings is 2. The number of primary sulfonamides is 1. The van der Waals surface area contributed by atoms with E-state index in [0.29, 0.717) is 15.4 Å². The van der Waals surface area contributed by atoms with E-state index in [1.54, 1.807) is 0 Å². The summed E-state index contributed by atoms with van der Waals surface area (Å²) in [5, 5.41) is 8.70. The minimum Gasteiger partial charge on any atom is -0.322 e. The number of anilines is 1. The zero-order valence-corrected chi connectivity index (χ0v) is 18.8. The van der Waals surface area contributed by atoms with Gasteiger partial charge in [-0.2, -0.15) is 0 Å². The molecule has 2 aromatic carbocycles. The molecule has 0 unspecified atom stereocenters. The summed E-state index contributed by atoms with van der Waals surface area (Å²) in [6.45, 7) is 1.95. The minimum atomic E-state index is -3.88. The Balaban J connectivity index is 1.75. The standard InChI is InChI=1S/C20H23BrN2O3S2/c1-13-11-15(27-14-5-3-2-4-6-14)7-10-19(13)23-20(24)17-12-16(28(22,25)26)8-9-18(17)21/h7-12,14H,2-6H2,1H3,(H,23,24)(H2,22,25,26). The van der Waals surface area contributed by atoms with Crippen LogP contribution < -0.4 is 10.5 Å². The van der Waals surface area contributed by atoms with Crippen LogP contribution in [0.25, 0.3) is 0 Å². The van der Waals surface area contributed by atoms with Gasteiger partial charge in [-0.15, -0.1) is 11.8 Å². The predicted molar refractivity (Wildman–Crippen MR) is 117 cm³/mol. The van der Waals surface area contributed by atoms with Crippen molar-refractivity contribution in [2.45, 2.75) is 54.1 Å². The van der Waals surface area contributed by atoms with Crippen molar-refractivity contribution in [3.05, 3.63) is 52.0 Å². The third kappa shape index (κ3) is 5.37. The van der Waals surface area contributed by atoms with Crippen molar-refractivity contribution in [1.82, 2.24) is 0 Å². The number of carbonyl (C=O) groups excluding carboxylic acids is 1. The molecule has 2 aromatic rings. The monoisotopic (exact) mass is 482 g/mol. The minimum absolute atomic E-state index is 0.100. The lowest BCUT2D eigenvalue weighted by Crippen LogP contribution is -2.16. The molecule has 3 rings (SSSR count). The maximum absolute atomic E-state index is 12.7. The van der Waals surface area contributed by atoms with Gasteiger partial charge in [0, 0.05) is 20.3 Å². The number of rotatable bonds is 5. The summed E-state index contributed by atoms with van der Waals surface area (Å²) in [7, 11) is -3.88. The van der Waals surface area contributed by atoms with Crippen molar-refractivity contribution in [2.75, 3.05) is 5.32 Å². The first-order valence-electron chi connectivity index (χ1n) is 9.15. The summed E-state index contributed by atoms with van der Waals surface area (Å²) in [6.07, 6.45) is 6.46. The number of amides is 1. The summed E-state index contributed by atoms with van der Waals surface area (Å²) in [5.74, 6) is -0.395. The largest absolute Gasteiger partial charge is 0.322 e. The smallest absolute Gasteiger partial charge is 0.256 e. The van der Waals surface area contributed by atoms with Crippen molar-refractivity contribution in [3.63, 3.8) is 0 Å². The lowest BCUT2D eigenvalue weighted by Gasteiger charge is -2.21. The van der Waals surface area contributed by atoms with Gasteiger partial charge < -0.3 is 5.32 Å². The zero-order chi connectivity index (χ0) is 20.3. The van der Waals surface area contributed by atoms with Crippen molar-refractivity contribution >= 4 is 49.3 Å². The summed E-state index contributed by atoms with van der Waals surface area (Å²) in [4.78, 5) is 13.8. The number of thioether (sulfide) groups is 1. The molecule has 0 atom stereocenters. The van der Waals surface area contributed by atoms with Crippen molar-refractivity contribution in [2.24, 2.45) is 5.14 Å². The molecule has 28 heavy (non-hydrogen) atoms. The summed E-state index contributed by atoms with van der Waals surface area (Å²) >= 11 is 5.21. The SMILES string of the molecule is Cc1cc(SC2CCCCC2)ccc1NC(=O)c1cc(S(N)(=O)=O)ccc1Br. The van der Waals surface area contributed by atoms with Crippen LogP contribution in [0.4, 0.5) is 5.69 Å². The number of carbonyl (C=O) groups is 1. The number of sulfonamides is 1. The Morgan fingerprint density at radius 1 is 1.14 bits per heavy atom. The molecule has 1 fully saturated rings. The van der Waals surface area contributed by atoms with Crippen molar-refractivity contribution < 1.29 is 13.2 Å². The number of nitrogens with one attached hydrogen (secondary N) is 1. The number of nitrogens with two attached hydrogens (primary N) is 1. The fourth-order valence-corrected chi connectivity index (χ4v) is 5.58. The molecule has 150 valence electrons. The Hall–Kier alpha value is -1.35. The number of hydrogen-bond acceptors (Lipinski definition) is 4. The van der Waals surface area contributed by atoms with E-state index >= 15 is 0 Å². The van der Waals surface area contributed by atoms with E-state index in [1.165, 1.54) is 55.2 Å². The van der Waals surface area contributed by atoms with Gasteiger partial charge in [-0.05, 0) is 77.7 Å². The van der Waals surface area contributed by atoms with E-state index in [-0.39, 0.29) is 10.5 Å². The molecule has 0 aromatic heterocycles. The highest BCUT2D eigenvalue weighted by molar-refractivity contribution is 9.10. The molecule has 0 radical (unpaired) electrons. The molecule has 0 heterocycles. The highest BCUT2D eigenvalue weighted by Crippen LogP contribution is 2.35. The molecule has 0 bridgehead atoms. The molecule has 1 aliphatic carbocycles. The van der Waals surface area contributed by atoms with Crippen LogP contribution in [0, 0.1) is 6.92 Å². The fraction of sp³-hybridized carbons (Fsp3) is 0.350. The molecule has 5 nitrogen and oxygen atoms in total. The van der Waals surface area contributed by atoms with Crippen LogP contribution in [0.2, 0.25) is 0 Å². The van der Waals surface area contributed by atoms with Crippen LogP contribution in [0.3, 0.4) is 0 Å². The molecule has 0 aliphatic heterocycles. The molecule has 8 heteroatoms. The Kier molecular flexibility index (Phi) is 6.85.